The fourth-order valence-electron chi connectivity index (χ4n) is 2.73. The van der Waals surface area contributed by atoms with E-state index in [0.717, 1.165) is 37.9 Å². The van der Waals surface area contributed by atoms with Crippen LogP contribution in [0.1, 0.15) is 31.2 Å². The number of hydrogen-bond acceptors (Lipinski definition) is 3. The van der Waals surface area contributed by atoms with Gasteiger partial charge in [0.25, 0.3) is 0 Å². The molecule has 1 aliphatic heterocycles. The zero-order chi connectivity index (χ0) is 16.7. The van der Waals surface area contributed by atoms with E-state index in [4.69, 9.17) is 33.7 Å². The summed E-state index contributed by atoms with van der Waals surface area (Å²) < 4.78 is 5.76. The van der Waals surface area contributed by atoms with Gasteiger partial charge in [0.1, 0.15) is 0 Å². The van der Waals surface area contributed by atoms with Crippen molar-refractivity contribution in [2.45, 2.75) is 38.2 Å². The standard InChI is InChI=1S/C17H24Cl2N2O2/c18-14-4-2-13(16(19)12-14)3-5-17(22)21-9-6-15(7-10-21)23-11-1-8-20/h2,4,12,15H,1,3,5-11,20H2. The Morgan fingerprint density at radius 2 is 2.04 bits per heavy atom. The third-order valence-electron chi connectivity index (χ3n) is 4.12. The Morgan fingerprint density at radius 3 is 2.70 bits per heavy atom. The van der Waals surface area contributed by atoms with Crippen LogP contribution in [-0.2, 0) is 16.0 Å². The molecule has 1 saturated heterocycles. The first-order valence-electron chi connectivity index (χ1n) is 8.13. The largest absolute Gasteiger partial charge is 0.378 e. The van der Waals surface area contributed by atoms with Gasteiger partial charge in [-0.2, -0.15) is 0 Å². The van der Waals surface area contributed by atoms with E-state index in [9.17, 15) is 4.79 Å². The molecule has 2 N–H and O–H groups in total. The van der Waals surface area contributed by atoms with Gasteiger partial charge < -0.3 is 15.4 Å². The lowest BCUT2D eigenvalue weighted by Crippen LogP contribution is -2.41. The van der Waals surface area contributed by atoms with E-state index in [1.807, 2.05) is 11.0 Å². The van der Waals surface area contributed by atoms with Crippen molar-refractivity contribution in [2.24, 2.45) is 5.73 Å². The number of benzene rings is 1. The summed E-state index contributed by atoms with van der Waals surface area (Å²) in [5, 5.41) is 1.24. The Balaban J connectivity index is 1.72. The number of piperidine rings is 1. The number of ether oxygens (including phenoxy) is 1. The number of nitrogens with zero attached hydrogens (tertiary/aromatic N) is 1. The number of rotatable bonds is 7. The van der Waals surface area contributed by atoms with Crippen molar-refractivity contribution in [1.29, 1.82) is 0 Å². The van der Waals surface area contributed by atoms with E-state index < -0.39 is 0 Å². The lowest BCUT2D eigenvalue weighted by Gasteiger charge is -2.32. The SMILES string of the molecule is NCCCOC1CCN(C(=O)CCc2ccc(Cl)cc2Cl)CC1. The molecule has 0 radical (unpaired) electrons. The highest BCUT2D eigenvalue weighted by Crippen LogP contribution is 2.23. The molecule has 0 bridgehead atoms. The molecule has 0 saturated carbocycles. The summed E-state index contributed by atoms with van der Waals surface area (Å²) in [4.78, 5) is 14.2. The maximum atomic E-state index is 12.3. The molecule has 23 heavy (non-hydrogen) atoms. The molecule has 1 aromatic carbocycles. The summed E-state index contributed by atoms with van der Waals surface area (Å²) in [6.45, 7) is 2.90. The van der Waals surface area contributed by atoms with Crippen molar-refractivity contribution in [3.63, 3.8) is 0 Å². The van der Waals surface area contributed by atoms with E-state index in [1.165, 1.54) is 0 Å². The monoisotopic (exact) mass is 358 g/mol. The summed E-state index contributed by atoms with van der Waals surface area (Å²) in [6.07, 6.45) is 4.06. The number of amides is 1. The molecular weight excluding hydrogens is 335 g/mol. The molecule has 128 valence electrons. The van der Waals surface area contributed by atoms with Crippen LogP contribution in [0.4, 0.5) is 0 Å². The van der Waals surface area contributed by atoms with Crippen LogP contribution in [0.15, 0.2) is 18.2 Å². The van der Waals surface area contributed by atoms with Crippen molar-refractivity contribution in [2.75, 3.05) is 26.2 Å². The second kappa shape index (κ2) is 9.48. The number of hydrogen-bond donors (Lipinski definition) is 1. The number of halogens is 2. The van der Waals surface area contributed by atoms with Crippen LogP contribution in [-0.4, -0.2) is 43.2 Å². The average molecular weight is 359 g/mol. The van der Waals surface area contributed by atoms with Crippen LogP contribution in [0.3, 0.4) is 0 Å². The summed E-state index contributed by atoms with van der Waals surface area (Å²) in [5.74, 6) is 0.177. The molecule has 2 rings (SSSR count). The third kappa shape index (κ3) is 5.96. The molecule has 0 aliphatic carbocycles. The topological polar surface area (TPSA) is 55.6 Å². The lowest BCUT2D eigenvalue weighted by atomic mass is 10.1. The molecule has 1 aliphatic rings. The van der Waals surface area contributed by atoms with Crippen molar-refractivity contribution >= 4 is 29.1 Å². The second-order valence-corrected chi connectivity index (χ2v) is 6.67. The Hall–Kier alpha value is -0.810. The smallest absolute Gasteiger partial charge is 0.222 e. The molecule has 1 heterocycles. The molecule has 4 nitrogen and oxygen atoms in total. The lowest BCUT2D eigenvalue weighted by molar-refractivity contribution is -0.133. The zero-order valence-corrected chi connectivity index (χ0v) is 14.8. The minimum absolute atomic E-state index is 0.177. The number of aryl methyl sites for hydroxylation is 1. The zero-order valence-electron chi connectivity index (χ0n) is 13.3. The maximum absolute atomic E-state index is 12.3. The first-order valence-corrected chi connectivity index (χ1v) is 8.89. The van der Waals surface area contributed by atoms with Crippen LogP contribution in [0, 0.1) is 0 Å². The molecule has 1 fully saturated rings. The molecule has 0 spiro atoms. The van der Waals surface area contributed by atoms with Crippen LogP contribution in [0.2, 0.25) is 10.0 Å². The van der Waals surface area contributed by atoms with E-state index in [1.54, 1.807) is 12.1 Å². The number of nitrogens with two attached hydrogens (primary N) is 1. The predicted molar refractivity (Wildman–Crippen MR) is 94.0 cm³/mol. The molecular formula is C17H24Cl2N2O2. The van der Waals surface area contributed by atoms with Gasteiger partial charge in [0, 0.05) is 36.2 Å². The molecule has 0 atom stereocenters. The summed E-state index contributed by atoms with van der Waals surface area (Å²) in [6, 6.07) is 5.40. The van der Waals surface area contributed by atoms with Crippen molar-refractivity contribution in [3.05, 3.63) is 33.8 Å². The molecule has 6 heteroatoms. The van der Waals surface area contributed by atoms with Crippen LogP contribution >= 0.6 is 23.2 Å². The van der Waals surface area contributed by atoms with E-state index >= 15 is 0 Å². The van der Waals surface area contributed by atoms with E-state index in [0.29, 0.717) is 36.0 Å². The Labute approximate surface area is 147 Å². The van der Waals surface area contributed by atoms with Gasteiger partial charge in [-0.05, 0) is 49.9 Å². The fraction of sp³-hybridized carbons (Fsp3) is 0.588. The highest BCUT2D eigenvalue weighted by atomic mass is 35.5. The first-order chi connectivity index (χ1) is 11.1. The van der Waals surface area contributed by atoms with Gasteiger partial charge in [-0.3, -0.25) is 4.79 Å². The number of carbonyl (C=O) groups is 1. The van der Waals surface area contributed by atoms with Crippen LogP contribution in [0.25, 0.3) is 0 Å². The fourth-order valence-corrected chi connectivity index (χ4v) is 3.23. The molecule has 1 aromatic rings. The Kier molecular flexibility index (Phi) is 7.63. The van der Waals surface area contributed by atoms with Crippen LogP contribution < -0.4 is 5.73 Å². The van der Waals surface area contributed by atoms with Crippen molar-refractivity contribution in [3.8, 4) is 0 Å². The van der Waals surface area contributed by atoms with E-state index in [2.05, 4.69) is 0 Å². The quantitative estimate of drug-likeness (QED) is 0.760. The van der Waals surface area contributed by atoms with Gasteiger partial charge in [0.15, 0.2) is 0 Å². The minimum Gasteiger partial charge on any atom is -0.378 e. The van der Waals surface area contributed by atoms with Crippen molar-refractivity contribution in [1.82, 2.24) is 4.90 Å². The molecule has 0 unspecified atom stereocenters. The highest BCUT2D eigenvalue weighted by molar-refractivity contribution is 6.35. The highest BCUT2D eigenvalue weighted by Gasteiger charge is 2.22. The molecule has 0 aromatic heterocycles. The van der Waals surface area contributed by atoms with Gasteiger partial charge in [0.05, 0.1) is 6.10 Å². The van der Waals surface area contributed by atoms with Crippen molar-refractivity contribution < 1.29 is 9.53 Å². The minimum atomic E-state index is 0.177. The predicted octanol–water partition coefficient (Wildman–Crippen LogP) is 3.28. The number of carbonyl (C=O) groups excluding carboxylic acids is 1. The average Bonchev–Trinajstić information content (AvgIpc) is 2.55. The third-order valence-corrected chi connectivity index (χ3v) is 4.71. The van der Waals surface area contributed by atoms with Gasteiger partial charge in [0.2, 0.25) is 5.91 Å². The Bertz CT molecular complexity index is 517. The van der Waals surface area contributed by atoms with Gasteiger partial charge in [-0.15, -0.1) is 0 Å². The van der Waals surface area contributed by atoms with Crippen LogP contribution in [0.5, 0.6) is 0 Å². The van der Waals surface area contributed by atoms with E-state index in [-0.39, 0.29) is 12.0 Å². The summed E-state index contributed by atoms with van der Waals surface area (Å²) >= 11 is 12.0. The number of likely N-dealkylation sites (tertiary alicyclic amines) is 1. The summed E-state index contributed by atoms with van der Waals surface area (Å²) in [7, 11) is 0. The van der Waals surface area contributed by atoms with Gasteiger partial charge in [-0.1, -0.05) is 29.3 Å². The Morgan fingerprint density at radius 1 is 1.30 bits per heavy atom. The summed E-state index contributed by atoms with van der Waals surface area (Å²) in [5.41, 5.74) is 6.42. The normalized spacial score (nSPS) is 15.9. The van der Waals surface area contributed by atoms with Gasteiger partial charge in [-0.25, -0.2) is 0 Å². The maximum Gasteiger partial charge on any atom is 0.222 e. The first kappa shape index (κ1) is 18.5. The van der Waals surface area contributed by atoms with Gasteiger partial charge >= 0.3 is 0 Å². The second-order valence-electron chi connectivity index (χ2n) is 5.83. The molecule has 1 amide bonds.